The highest BCUT2D eigenvalue weighted by Crippen LogP contribution is 2.46. The summed E-state index contributed by atoms with van der Waals surface area (Å²) in [7, 11) is -4.79. The van der Waals surface area contributed by atoms with Crippen LogP contribution in [0.25, 0.3) is 5.57 Å². The van der Waals surface area contributed by atoms with Crippen molar-refractivity contribution in [2.45, 2.75) is 47.5 Å². The summed E-state index contributed by atoms with van der Waals surface area (Å²) in [5, 5.41) is 10.0. The van der Waals surface area contributed by atoms with Crippen LogP contribution in [0.1, 0.15) is 73.1 Å². The van der Waals surface area contributed by atoms with Crippen molar-refractivity contribution in [3.05, 3.63) is 93.1 Å². The van der Waals surface area contributed by atoms with Crippen LogP contribution in [0.15, 0.2) is 65.3 Å². The normalized spacial score (nSPS) is 15.7. The molecule has 3 rings (SSSR count). The van der Waals surface area contributed by atoms with Crippen molar-refractivity contribution in [2.24, 2.45) is 5.92 Å². The second-order valence-corrected chi connectivity index (χ2v) is 10.7. The Labute approximate surface area is 211 Å². The fourth-order valence-electron chi connectivity index (χ4n) is 4.63. The summed E-state index contributed by atoms with van der Waals surface area (Å²) in [5.74, 6) is -1.32. The molecule has 0 aromatic heterocycles. The number of aromatic carboxylic acids is 1. The number of aryl methyl sites for hydroxylation is 1. The smallest absolute Gasteiger partial charge is 0.478 e. The van der Waals surface area contributed by atoms with Gasteiger partial charge in [0.15, 0.2) is 5.78 Å². The van der Waals surface area contributed by atoms with Gasteiger partial charge in [-0.25, -0.2) is 9.36 Å². The Morgan fingerprint density at radius 1 is 0.944 bits per heavy atom. The molecular weight excluding hydrogens is 479 g/mol. The molecule has 1 aliphatic rings. The highest BCUT2D eigenvalue weighted by Gasteiger charge is 2.29. The Bertz CT molecular complexity index is 1370. The summed E-state index contributed by atoms with van der Waals surface area (Å²) in [6.07, 6.45) is 3.13. The van der Waals surface area contributed by atoms with Gasteiger partial charge in [-0.1, -0.05) is 45.9 Å². The fraction of sp³-hybridized carbons (Fsp3) is 0.286. The topological polar surface area (TPSA) is 121 Å². The predicted molar refractivity (Wildman–Crippen MR) is 139 cm³/mol. The minimum Gasteiger partial charge on any atom is -0.478 e. The Kier molecular flexibility index (Phi) is 7.89. The highest BCUT2D eigenvalue weighted by atomic mass is 31.2. The number of rotatable bonds is 7. The minimum absolute atomic E-state index is 0.0230. The molecule has 0 saturated heterocycles. The third kappa shape index (κ3) is 5.76. The molecule has 0 amide bonds. The Hall–Kier alpha value is -3.25. The van der Waals surface area contributed by atoms with Crippen molar-refractivity contribution in [1.82, 2.24) is 0 Å². The molecule has 2 aromatic carbocycles. The van der Waals surface area contributed by atoms with Crippen LogP contribution in [0.2, 0.25) is 0 Å². The van der Waals surface area contributed by atoms with Crippen molar-refractivity contribution >= 4 is 25.1 Å². The van der Waals surface area contributed by atoms with E-state index in [-0.39, 0.29) is 28.9 Å². The molecule has 0 aliphatic heterocycles. The van der Waals surface area contributed by atoms with E-state index in [1.165, 1.54) is 6.07 Å². The third-order valence-corrected chi connectivity index (χ3v) is 6.52. The quantitative estimate of drug-likeness (QED) is 0.379. The molecule has 0 spiro atoms. The molecule has 2 aromatic rings. The van der Waals surface area contributed by atoms with Crippen LogP contribution in [0.5, 0.6) is 5.75 Å². The molecule has 0 heterocycles. The second kappa shape index (κ2) is 10.4. The van der Waals surface area contributed by atoms with E-state index < -0.39 is 13.8 Å². The number of ketones is 1. The Morgan fingerprint density at radius 2 is 1.56 bits per heavy atom. The van der Waals surface area contributed by atoms with E-state index in [1.54, 1.807) is 49.4 Å². The van der Waals surface area contributed by atoms with Crippen LogP contribution in [-0.4, -0.2) is 26.6 Å². The number of phosphoric acid groups is 1. The molecule has 0 bridgehead atoms. The Balaban J connectivity index is 2.56. The third-order valence-electron chi connectivity index (χ3n) is 6.07. The maximum atomic E-state index is 12.5. The largest absolute Gasteiger partial charge is 0.524 e. The number of allylic oxidation sites excluding steroid dienone is 5. The fourth-order valence-corrected chi connectivity index (χ4v) is 5.01. The van der Waals surface area contributed by atoms with Crippen LogP contribution in [0.3, 0.4) is 0 Å². The van der Waals surface area contributed by atoms with Crippen LogP contribution in [-0.2, 0) is 9.36 Å². The first kappa shape index (κ1) is 27.3. The van der Waals surface area contributed by atoms with Gasteiger partial charge in [-0.3, -0.25) is 14.6 Å². The first-order valence-electron chi connectivity index (χ1n) is 11.6. The summed E-state index contributed by atoms with van der Waals surface area (Å²) < 4.78 is 16.4. The molecule has 36 heavy (non-hydrogen) atoms. The predicted octanol–water partition coefficient (Wildman–Crippen LogP) is 6.20. The molecule has 1 aliphatic carbocycles. The van der Waals surface area contributed by atoms with Gasteiger partial charge in [-0.15, -0.1) is 0 Å². The number of phosphoric ester groups is 1. The molecule has 3 N–H and O–H groups in total. The zero-order valence-electron chi connectivity index (χ0n) is 21.2. The molecule has 190 valence electrons. The standard InChI is InChI=1S/C28H31O7P/c1-15(2)23-13-19(29)11-17(5)25(23)27(21-9-7-8-10-22(21)28(30)31)26-18(6)12-20(35-36(32,33)34)14-24(26)16(3)4/h7-16H,1-6H3,(H,30,31)(H2,32,33,34)/b27-25+. The van der Waals surface area contributed by atoms with Crippen molar-refractivity contribution in [3.63, 3.8) is 0 Å². The number of carbonyl (C=O) groups excluding carboxylic acids is 1. The first-order chi connectivity index (χ1) is 16.7. The molecule has 0 atom stereocenters. The summed E-state index contributed by atoms with van der Waals surface area (Å²) >= 11 is 0. The number of hydrogen-bond donors (Lipinski definition) is 3. The van der Waals surface area contributed by atoms with Crippen LogP contribution >= 0.6 is 7.82 Å². The number of benzene rings is 2. The molecular formula is C28H31O7P. The first-order valence-corrected chi connectivity index (χ1v) is 13.2. The maximum absolute atomic E-state index is 12.5. The SMILES string of the molecule is CC1=CC(=O)C=C(C(C)C)/C1=C(\c1ccccc1C(=O)O)c1c(C)cc(OP(=O)(O)O)cc1C(C)C. The van der Waals surface area contributed by atoms with Crippen LogP contribution in [0.4, 0.5) is 0 Å². The lowest BCUT2D eigenvalue weighted by atomic mass is 9.75. The van der Waals surface area contributed by atoms with Gasteiger partial charge < -0.3 is 9.63 Å². The maximum Gasteiger partial charge on any atom is 0.524 e. The van der Waals surface area contributed by atoms with Crippen molar-refractivity contribution in [2.75, 3.05) is 0 Å². The van der Waals surface area contributed by atoms with Gasteiger partial charge >= 0.3 is 13.8 Å². The van der Waals surface area contributed by atoms with E-state index >= 15 is 0 Å². The highest BCUT2D eigenvalue weighted by molar-refractivity contribution is 7.46. The van der Waals surface area contributed by atoms with Gasteiger partial charge in [0.1, 0.15) is 5.75 Å². The monoisotopic (exact) mass is 510 g/mol. The second-order valence-electron chi connectivity index (χ2n) is 9.53. The number of hydrogen-bond acceptors (Lipinski definition) is 4. The molecule has 0 unspecified atom stereocenters. The summed E-state index contributed by atoms with van der Waals surface area (Å²) in [4.78, 5) is 43.5. The van der Waals surface area contributed by atoms with Gasteiger partial charge in [0.2, 0.25) is 0 Å². The number of carboxylic acids is 1. The lowest BCUT2D eigenvalue weighted by Crippen LogP contribution is -2.14. The lowest BCUT2D eigenvalue weighted by Gasteiger charge is -2.28. The van der Waals surface area contributed by atoms with E-state index in [2.05, 4.69) is 0 Å². The van der Waals surface area contributed by atoms with Crippen molar-refractivity contribution in [3.8, 4) is 5.75 Å². The summed E-state index contributed by atoms with van der Waals surface area (Å²) in [5.41, 5.74) is 5.64. The average molecular weight is 511 g/mol. The Morgan fingerprint density at radius 3 is 2.08 bits per heavy atom. The average Bonchev–Trinajstić information content (AvgIpc) is 2.74. The van der Waals surface area contributed by atoms with Gasteiger partial charge in [0.25, 0.3) is 0 Å². The van der Waals surface area contributed by atoms with E-state index in [0.717, 1.165) is 22.3 Å². The van der Waals surface area contributed by atoms with E-state index in [4.69, 9.17) is 4.52 Å². The van der Waals surface area contributed by atoms with Crippen molar-refractivity contribution in [1.29, 1.82) is 0 Å². The lowest BCUT2D eigenvalue weighted by molar-refractivity contribution is -0.110. The molecule has 8 heteroatoms. The summed E-state index contributed by atoms with van der Waals surface area (Å²) in [6.45, 7) is 11.5. The molecule has 0 fully saturated rings. The zero-order valence-corrected chi connectivity index (χ0v) is 22.1. The summed E-state index contributed by atoms with van der Waals surface area (Å²) in [6, 6.07) is 9.84. The van der Waals surface area contributed by atoms with Gasteiger partial charge in [-0.2, -0.15) is 0 Å². The van der Waals surface area contributed by atoms with Crippen LogP contribution in [0, 0.1) is 12.8 Å². The zero-order chi connectivity index (χ0) is 26.9. The molecule has 7 nitrogen and oxygen atoms in total. The van der Waals surface area contributed by atoms with Crippen LogP contribution < -0.4 is 4.52 Å². The van der Waals surface area contributed by atoms with E-state index in [0.29, 0.717) is 22.3 Å². The van der Waals surface area contributed by atoms with E-state index in [9.17, 15) is 29.0 Å². The number of carboxylic acid groups (broad SMARTS) is 1. The molecule has 0 radical (unpaired) electrons. The van der Waals surface area contributed by atoms with Gasteiger partial charge in [0, 0.05) is 0 Å². The number of carbonyl (C=O) groups is 2. The van der Waals surface area contributed by atoms with Gasteiger partial charge in [-0.05, 0) is 101 Å². The minimum atomic E-state index is -4.79. The van der Waals surface area contributed by atoms with Crippen molar-refractivity contribution < 1.29 is 33.6 Å². The van der Waals surface area contributed by atoms with Gasteiger partial charge in [0.05, 0.1) is 5.56 Å². The van der Waals surface area contributed by atoms with E-state index in [1.807, 2.05) is 34.6 Å². The molecule has 0 saturated carbocycles.